The second-order valence-corrected chi connectivity index (χ2v) is 6.23. The molecule has 6 bridgehead atoms. The predicted molar refractivity (Wildman–Crippen MR) is 64.6 cm³/mol. The minimum Gasteiger partial charge on any atom is -0.0655 e. The van der Waals surface area contributed by atoms with Gasteiger partial charge in [0.1, 0.15) is 0 Å². The van der Waals surface area contributed by atoms with Gasteiger partial charge in [0.2, 0.25) is 0 Å². The van der Waals surface area contributed by atoms with E-state index in [9.17, 15) is 0 Å². The van der Waals surface area contributed by atoms with E-state index in [0.29, 0.717) is 0 Å². The first-order valence-corrected chi connectivity index (χ1v) is 6.64. The molecule has 4 saturated carbocycles. The zero-order valence-electron chi connectivity index (χ0n) is 9.56. The van der Waals surface area contributed by atoms with Crippen molar-refractivity contribution in [3.63, 3.8) is 0 Å². The molecule has 6 rings (SSSR count). The van der Waals surface area contributed by atoms with E-state index >= 15 is 0 Å². The lowest BCUT2D eigenvalue weighted by Gasteiger charge is -2.17. The van der Waals surface area contributed by atoms with E-state index in [0.717, 1.165) is 35.5 Å². The molecular formula is C16H16. The summed E-state index contributed by atoms with van der Waals surface area (Å²) in [5, 5.41) is 0. The molecule has 0 heteroatoms. The summed E-state index contributed by atoms with van der Waals surface area (Å²) in [6, 6.07) is 11.1. The summed E-state index contributed by atoms with van der Waals surface area (Å²) in [7, 11) is 0. The second kappa shape index (κ2) is 2.30. The highest BCUT2D eigenvalue weighted by Crippen LogP contribution is 2.82. The Morgan fingerprint density at radius 3 is 2.38 bits per heavy atom. The summed E-state index contributed by atoms with van der Waals surface area (Å²) in [5.74, 6) is 6.38. The molecule has 80 valence electrons. The highest BCUT2D eigenvalue weighted by atomic mass is 14.8. The van der Waals surface area contributed by atoms with Gasteiger partial charge in [0.25, 0.3) is 0 Å². The van der Waals surface area contributed by atoms with Gasteiger partial charge in [0, 0.05) is 0 Å². The van der Waals surface area contributed by atoms with Crippen molar-refractivity contribution in [1.29, 1.82) is 0 Å². The molecule has 0 nitrogen and oxygen atoms in total. The van der Waals surface area contributed by atoms with Crippen LogP contribution in [-0.2, 0) is 0 Å². The number of rotatable bonds is 1. The van der Waals surface area contributed by atoms with E-state index in [1.165, 1.54) is 5.56 Å². The van der Waals surface area contributed by atoms with Gasteiger partial charge in [-0.15, -0.1) is 0 Å². The first kappa shape index (κ1) is 8.11. The molecule has 1 aromatic rings. The van der Waals surface area contributed by atoms with Crippen LogP contribution >= 0.6 is 0 Å². The van der Waals surface area contributed by atoms with E-state index in [-0.39, 0.29) is 0 Å². The van der Waals surface area contributed by atoms with Gasteiger partial charge in [-0.05, 0) is 60.0 Å². The third-order valence-electron chi connectivity index (χ3n) is 5.93. The molecule has 1 aromatic carbocycles. The largest absolute Gasteiger partial charge is 0.0655 e. The molecule has 6 atom stereocenters. The lowest BCUT2D eigenvalue weighted by Crippen LogP contribution is -2.04. The zero-order valence-corrected chi connectivity index (χ0v) is 9.56. The quantitative estimate of drug-likeness (QED) is 0.661. The monoisotopic (exact) mass is 208 g/mol. The van der Waals surface area contributed by atoms with E-state index in [1.54, 1.807) is 17.6 Å². The van der Waals surface area contributed by atoms with Crippen LogP contribution < -0.4 is 0 Å². The molecule has 4 fully saturated rings. The number of benzene rings is 1. The molecule has 5 aliphatic rings. The fraction of sp³-hybridized carbons (Fsp3) is 0.500. The first-order valence-electron chi connectivity index (χ1n) is 6.64. The van der Waals surface area contributed by atoms with Crippen LogP contribution in [0.5, 0.6) is 0 Å². The van der Waals surface area contributed by atoms with Crippen molar-refractivity contribution in [2.75, 3.05) is 0 Å². The molecule has 5 aliphatic carbocycles. The lowest BCUT2D eigenvalue weighted by atomic mass is 9.88. The minimum absolute atomic E-state index is 0.961. The molecule has 0 heterocycles. The molecule has 0 aromatic heterocycles. The molecule has 0 amide bonds. The van der Waals surface area contributed by atoms with Crippen LogP contribution in [0.4, 0.5) is 0 Å². The minimum atomic E-state index is 0.961. The van der Waals surface area contributed by atoms with Crippen molar-refractivity contribution in [2.45, 2.75) is 13.3 Å². The predicted octanol–water partition coefficient (Wildman–Crippen LogP) is 3.60. The fourth-order valence-electron chi connectivity index (χ4n) is 5.65. The molecule has 6 unspecified atom stereocenters. The Hall–Kier alpha value is -1.04. The number of hydrogen-bond acceptors (Lipinski definition) is 0. The third kappa shape index (κ3) is 0.661. The summed E-state index contributed by atoms with van der Waals surface area (Å²) in [4.78, 5) is 0. The average molecular weight is 208 g/mol. The zero-order chi connectivity index (χ0) is 10.4. The van der Waals surface area contributed by atoms with Gasteiger partial charge < -0.3 is 0 Å². The van der Waals surface area contributed by atoms with Gasteiger partial charge in [-0.3, -0.25) is 0 Å². The Morgan fingerprint density at radius 2 is 1.69 bits per heavy atom. The van der Waals surface area contributed by atoms with Crippen LogP contribution in [0.2, 0.25) is 0 Å². The SMILES string of the molecule is CC1=C(c2ccccc2)C2C3CC4C(C13)C42. The van der Waals surface area contributed by atoms with Gasteiger partial charge >= 0.3 is 0 Å². The van der Waals surface area contributed by atoms with Crippen LogP contribution in [0.3, 0.4) is 0 Å². The Labute approximate surface area is 96.4 Å². The maximum atomic E-state index is 2.41. The normalized spacial score (nSPS) is 50.3. The van der Waals surface area contributed by atoms with Gasteiger partial charge in [-0.2, -0.15) is 0 Å². The van der Waals surface area contributed by atoms with E-state index in [4.69, 9.17) is 0 Å². The summed E-state index contributed by atoms with van der Waals surface area (Å²) >= 11 is 0. The maximum Gasteiger partial charge on any atom is -0.00881 e. The number of hydrogen-bond donors (Lipinski definition) is 0. The van der Waals surface area contributed by atoms with Crippen molar-refractivity contribution in [2.24, 2.45) is 35.5 Å². The van der Waals surface area contributed by atoms with Crippen molar-refractivity contribution in [3.8, 4) is 0 Å². The highest BCUT2D eigenvalue weighted by Gasteiger charge is 2.76. The van der Waals surface area contributed by atoms with Gasteiger partial charge in [-0.1, -0.05) is 35.9 Å². The van der Waals surface area contributed by atoms with E-state index < -0.39 is 0 Å². The van der Waals surface area contributed by atoms with Crippen molar-refractivity contribution >= 4 is 5.57 Å². The molecule has 16 heavy (non-hydrogen) atoms. The lowest BCUT2D eigenvalue weighted by molar-refractivity contribution is 0.464. The third-order valence-corrected chi connectivity index (χ3v) is 5.93. The second-order valence-electron chi connectivity index (χ2n) is 6.23. The Morgan fingerprint density at radius 1 is 0.938 bits per heavy atom. The standard InChI is InChI=1S/C16H16/c1-8-12(9-5-3-2-4-6-9)14-10-7-11-15(13(8)10)16(11)14/h2-6,10-11,13-16H,7H2,1H3. The topological polar surface area (TPSA) is 0 Å². The maximum absolute atomic E-state index is 2.41. The smallest absolute Gasteiger partial charge is 0.00881 e. The van der Waals surface area contributed by atoms with Crippen LogP contribution in [0, 0.1) is 35.5 Å². The molecule has 0 spiro atoms. The average Bonchev–Trinajstić information content (AvgIpc) is 2.70. The Kier molecular flexibility index (Phi) is 1.16. The number of allylic oxidation sites excluding steroid dienone is 2. The van der Waals surface area contributed by atoms with Crippen LogP contribution in [0.15, 0.2) is 35.9 Å². The molecule has 0 radical (unpaired) electrons. The van der Waals surface area contributed by atoms with Gasteiger partial charge in [0.15, 0.2) is 0 Å². The van der Waals surface area contributed by atoms with Crippen LogP contribution in [0.1, 0.15) is 18.9 Å². The fourth-order valence-corrected chi connectivity index (χ4v) is 5.65. The van der Waals surface area contributed by atoms with Crippen molar-refractivity contribution < 1.29 is 0 Å². The molecule has 0 saturated heterocycles. The summed E-state index contributed by atoms with van der Waals surface area (Å²) in [6.07, 6.45) is 1.55. The van der Waals surface area contributed by atoms with Crippen LogP contribution in [0.25, 0.3) is 5.57 Å². The molecular weight excluding hydrogens is 192 g/mol. The van der Waals surface area contributed by atoms with Crippen molar-refractivity contribution in [3.05, 3.63) is 41.5 Å². The van der Waals surface area contributed by atoms with E-state index in [1.807, 2.05) is 0 Å². The van der Waals surface area contributed by atoms with E-state index in [2.05, 4.69) is 37.3 Å². The Balaban J connectivity index is 1.71. The summed E-state index contributed by atoms with van der Waals surface area (Å²) in [6.45, 7) is 2.41. The van der Waals surface area contributed by atoms with Crippen molar-refractivity contribution in [1.82, 2.24) is 0 Å². The summed E-state index contributed by atoms with van der Waals surface area (Å²) < 4.78 is 0. The van der Waals surface area contributed by atoms with Crippen LogP contribution in [-0.4, -0.2) is 0 Å². The summed E-state index contributed by atoms with van der Waals surface area (Å²) in [5.41, 5.74) is 5.02. The molecule has 0 N–H and O–H groups in total. The Bertz CT molecular complexity index is 510. The van der Waals surface area contributed by atoms with Gasteiger partial charge in [0.05, 0.1) is 0 Å². The highest BCUT2D eigenvalue weighted by molar-refractivity contribution is 5.77. The molecule has 0 aliphatic heterocycles. The first-order chi connectivity index (χ1) is 7.88. The van der Waals surface area contributed by atoms with Gasteiger partial charge in [-0.25, -0.2) is 0 Å².